The first kappa shape index (κ1) is 15.7. The number of carbonyl (C=O) groups is 1. The Morgan fingerprint density at radius 3 is 3.13 bits per heavy atom. The van der Waals surface area contributed by atoms with Crippen LogP contribution in [0.5, 0.6) is 0 Å². The van der Waals surface area contributed by atoms with Gasteiger partial charge in [-0.05, 0) is 50.8 Å². The van der Waals surface area contributed by atoms with Crippen LogP contribution in [0.15, 0.2) is 24.4 Å². The number of rotatable bonds is 4. The molecule has 1 saturated heterocycles. The molecule has 3 heterocycles. The minimum atomic E-state index is -0.356. The summed E-state index contributed by atoms with van der Waals surface area (Å²) in [6, 6.07) is 3.84. The molecule has 23 heavy (non-hydrogen) atoms. The normalized spacial score (nSPS) is 19.0. The number of esters is 1. The van der Waals surface area contributed by atoms with E-state index in [2.05, 4.69) is 10.1 Å². The van der Waals surface area contributed by atoms with E-state index in [0.717, 1.165) is 48.2 Å². The fourth-order valence-corrected chi connectivity index (χ4v) is 2.81. The van der Waals surface area contributed by atoms with Crippen molar-refractivity contribution in [3.05, 3.63) is 30.1 Å². The summed E-state index contributed by atoms with van der Waals surface area (Å²) in [5, 5.41) is 5.60. The lowest BCUT2D eigenvalue weighted by atomic mass is 10.1. The van der Waals surface area contributed by atoms with Crippen LogP contribution >= 0.6 is 0 Å². The Kier molecular flexibility index (Phi) is 4.71. The molecular formula is C17H21N3O3. The Morgan fingerprint density at radius 1 is 1.52 bits per heavy atom. The Morgan fingerprint density at radius 2 is 2.39 bits per heavy atom. The van der Waals surface area contributed by atoms with Crippen LogP contribution in [0.1, 0.15) is 45.0 Å². The molecule has 0 aliphatic carbocycles. The first-order valence-electron chi connectivity index (χ1n) is 8.01. The van der Waals surface area contributed by atoms with Crippen molar-refractivity contribution in [2.75, 3.05) is 13.2 Å². The Bertz CT molecular complexity index is 730. The summed E-state index contributed by atoms with van der Waals surface area (Å²) >= 11 is 0. The smallest absolute Gasteiger partial charge is 0.331 e. The molecule has 0 aromatic carbocycles. The van der Waals surface area contributed by atoms with E-state index in [1.807, 2.05) is 23.7 Å². The second-order valence-corrected chi connectivity index (χ2v) is 5.57. The standard InChI is InChI=1S/C17H21N3O3/c1-3-22-15(21)11-12(2)16-13-7-6-9-18-17(13)20(19-16)14-8-4-5-10-23-14/h6-7,9,11,14H,3-5,8,10H2,1-2H3/b12-11+. The maximum Gasteiger partial charge on any atom is 0.331 e. The van der Waals surface area contributed by atoms with Gasteiger partial charge in [-0.2, -0.15) is 5.10 Å². The maximum absolute atomic E-state index is 11.7. The molecule has 1 atom stereocenters. The molecule has 1 aliphatic rings. The zero-order valence-corrected chi connectivity index (χ0v) is 13.5. The number of nitrogens with zero attached hydrogens (tertiary/aromatic N) is 3. The van der Waals surface area contributed by atoms with Gasteiger partial charge in [0, 0.05) is 24.3 Å². The number of hydrogen-bond acceptors (Lipinski definition) is 5. The first-order chi connectivity index (χ1) is 11.2. The summed E-state index contributed by atoms with van der Waals surface area (Å²) in [6.45, 7) is 4.74. The zero-order chi connectivity index (χ0) is 16.2. The van der Waals surface area contributed by atoms with Gasteiger partial charge in [-0.15, -0.1) is 0 Å². The predicted molar refractivity (Wildman–Crippen MR) is 86.7 cm³/mol. The molecule has 1 unspecified atom stereocenters. The average molecular weight is 315 g/mol. The van der Waals surface area contributed by atoms with Gasteiger partial charge in [-0.3, -0.25) is 0 Å². The first-order valence-corrected chi connectivity index (χ1v) is 8.01. The minimum absolute atomic E-state index is 0.0923. The number of fused-ring (bicyclic) bond motifs is 1. The predicted octanol–water partition coefficient (Wildman–Crippen LogP) is 3.10. The van der Waals surface area contributed by atoms with Gasteiger partial charge in [0.15, 0.2) is 11.9 Å². The van der Waals surface area contributed by atoms with E-state index in [9.17, 15) is 4.79 Å². The van der Waals surface area contributed by atoms with Gasteiger partial charge >= 0.3 is 5.97 Å². The number of allylic oxidation sites excluding steroid dienone is 1. The van der Waals surface area contributed by atoms with Gasteiger partial charge in [-0.25, -0.2) is 14.5 Å². The lowest BCUT2D eigenvalue weighted by molar-refractivity contribution is -0.137. The van der Waals surface area contributed by atoms with Crippen molar-refractivity contribution in [3.63, 3.8) is 0 Å². The van der Waals surface area contributed by atoms with Crippen molar-refractivity contribution < 1.29 is 14.3 Å². The number of carbonyl (C=O) groups excluding carboxylic acids is 1. The maximum atomic E-state index is 11.7. The highest BCUT2D eigenvalue weighted by atomic mass is 16.5. The van der Waals surface area contributed by atoms with Gasteiger partial charge in [0.1, 0.15) is 0 Å². The molecular weight excluding hydrogens is 294 g/mol. The van der Waals surface area contributed by atoms with Gasteiger partial charge in [0.2, 0.25) is 0 Å². The Labute approximate surface area is 135 Å². The summed E-state index contributed by atoms with van der Waals surface area (Å²) in [6.07, 6.45) is 6.25. The van der Waals surface area contributed by atoms with Crippen LogP contribution in [-0.4, -0.2) is 33.9 Å². The van der Waals surface area contributed by atoms with Gasteiger partial charge in [0.05, 0.1) is 12.3 Å². The van der Waals surface area contributed by atoms with Gasteiger partial charge in [-0.1, -0.05) is 0 Å². The molecule has 3 rings (SSSR count). The molecule has 6 heteroatoms. The van der Waals surface area contributed by atoms with E-state index in [4.69, 9.17) is 9.47 Å². The minimum Gasteiger partial charge on any atom is -0.463 e. The van der Waals surface area contributed by atoms with Crippen LogP contribution in [0.25, 0.3) is 16.6 Å². The van der Waals surface area contributed by atoms with Crippen molar-refractivity contribution in [2.24, 2.45) is 0 Å². The molecule has 6 nitrogen and oxygen atoms in total. The van der Waals surface area contributed by atoms with Crippen LogP contribution in [0.3, 0.4) is 0 Å². The van der Waals surface area contributed by atoms with E-state index < -0.39 is 0 Å². The van der Waals surface area contributed by atoms with E-state index in [1.54, 1.807) is 13.1 Å². The average Bonchev–Trinajstić information content (AvgIpc) is 2.95. The van der Waals surface area contributed by atoms with Gasteiger partial charge < -0.3 is 9.47 Å². The van der Waals surface area contributed by atoms with Crippen LogP contribution in [0.4, 0.5) is 0 Å². The molecule has 1 fully saturated rings. The molecule has 122 valence electrons. The third-order valence-corrected chi connectivity index (χ3v) is 3.89. The van der Waals surface area contributed by atoms with Crippen molar-refractivity contribution in [1.82, 2.24) is 14.8 Å². The summed E-state index contributed by atoms with van der Waals surface area (Å²) in [5.74, 6) is -0.356. The summed E-state index contributed by atoms with van der Waals surface area (Å²) in [4.78, 5) is 16.1. The number of pyridine rings is 1. The Balaban J connectivity index is 2.02. The van der Waals surface area contributed by atoms with Crippen LogP contribution in [0, 0.1) is 0 Å². The summed E-state index contributed by atoms with van der Waals surface area (Å²) in [7, 11) is 0. The third-order valence-electron chi connectivity index (χ3n) is 3.89. The van der Waals surface area contributed by atoms with E-state index in [1.165, 1.54) is 6.08 Å². The molecule has 2 aromatic rings. The van der Waals surface area contributed by atoms with E-state index in [0.29, 0.717) is 6.61 Å². The number of ether oxygens (including phenoxy) is 2. The van der Waals surface area contributed by atoms with Crippen molar-refractivity contribution in [1.29, 1.82) is 0 Å². The monoisotopic (exact) mass is 315 g/mol. The van der Waals surface area contributed by atoms with E-state index in [-0.39, 0.29) is 12.2 Å². The third kappa shape index (κ3) is 3.27. The fraction of sp³-hybridized carbons (Fsp3) is 0.471. The number of aromatic nitrogens is 3. The highest BCUT2D eigenvalue weighted by Gasteiger charge is 2.22. The Hall–Kier alpha value is -2.21. The highest BCUT2D eigenvalue weighted by Crippen LogP contribution is 2.29. The molecule has 0 amide bonds. The van der Waals surface area contributed by atoms with Crippen molar-refractivity contribution in [3.8, 4) is 0 Å². The lowest BCUT2D eigenvalue weighted by Crippen LogP contribution is -2.19. The van der Waals surface area contributed by atoms with Gasteiger partial charge in [0.25, 0.3) is 0 Å². The zero-order valence-electron chi connectivity index (χ0n) is 13.5. The fourth-order valence-electron chi connectivity index (χ4n) is 2.81. The van der Waals surface area contributed by atoms with Crippen molar-refractivity contribution >= 4 is 22.6 Å². The molecule has 0 radical (unpaired) electrons. The lowest BCUT2D eigenvalue weighted by Gasteiger charge is -2.22. The van der Waals surface area contributed by atoms with Crippen LogP contribution in [-0.2, 0) is 14.3 Å². The molecule has 0 spiro atoms. The quantitative estimate of drug-likeness (QED) is 0.640. The largest absolute Gasteiger partial charge is 0.463 e. The SMILES string of the molecule is CCOC(=O)/C=C(\C)c1nn(C2CCCCO2)c2ncccc12. The molecule has 2 aromatic heterocycles. The van der Waals surface area contributed by atoms with Crippen molar-refractivity contribution in [2.45, 2.75) is 39.3 Å². The molecule has 1 aliphatic heterocycles. The highest BCUT2D eigenvalue weighted by molar-refractivity contribution is 5.96. The number of hydrogen-bond donors (Lipinski definition) is 0. The van der Waals surface area contributed by atoms with Crippen LogP contribution in [0.2, 0.25) is 0 Å². The molecule has 0 saturated carbocycles. The summed E-state index contributed by atoms with van der Waals surface area (Å²) < 4.78 is 12.7. The second-order valence-electron chi connectivity index (χ2n) is 5.57. The topological polar surface area (TPSA) is 66.2 Å². The van der Waals surface area contributed by atoms with Crippen LogP contribution < -0.4 is 0 Å². The summed E-state index contributed by atoms with van der Waals surface area (Å²) in [5.41, 5.74) is 2.29. The molecule has 0 bridgehead atoms. The van der Waals surface area contributed by atoms with E-state index >= 15 is 0 Å². The second kappa shape index (κ2) is 6.91. The molecule has 0 N–H and O–H groups in total.